The second kappa shape index (κ2) is 13.8. The Hall–Kier alpha value is -2.54. The predicted molar refractivity (Wildman–Crippen MR) is 126 cm³/mol. The molecule has 1 N–H and O–H groups in total. The first-order valence-electron chi connectivity index (χ1n) is 11.4. The molecule has 2 rings (SSSR count). The molecule has 7 heteroatoms. The molecule has 2 aromatic carbocycles. The van der Waals surface area contributed by atoms with Crippen molar-refractivity contribution in [1.82, 2.24) is 4.90 Å². The van der Waals surface area contributed by atoms with Crippen LogP contribution >= 0.6 is 11.8 Å². The van der Waals surface area contributed by atoms with E-state index in [2.05, 4.69) is 0 Å². The number of amides is 1. The molecule has 5 nitrogen and oxygen atoms in total. The van der Waals surface area contributed by atoms with Crippen LogP contribution in [0.3, 0.4) is 0 Å². The molecule has 0 aromatic heterocycles. The molecule has 0 heterocycles. The first-order chi connectivity index (χ1) is 15.8. The summed E-state index contributed by atoms with van der Waals surface area (Å²) in [6.45, 7) is 3.24. The van der Waals surface area contributed by atoms with E-state index in [4.69, 9.17) is 11.2 Å². The van der Waals surface area contributed by atoms with Crippen LogP contribution < -0.4 is 4.74 Å². The summed E-state index contributed by atoms with van der Waals surface area (Å²) in [4.78, 5) is 26.1. The first kappa shape index (κ1) is 24.1. The van der Waals surface area contributed by atoms with Gasteiger partial charge in [-0.25, -0.2) is 4.39 Å². The molecule has 0 bridgehead atoms. The highest BCUT2D eigenvalue weighted by Crippen LogP contribution is 2.24. The minimum Gasteiger partial charge on any atom is -0.493 e. The van der Waals surface area contributed by atoms with Crippen LogP contribution in [0.2, 0.25) is 0 Å². The molecular weight excluding hydrogens is 429 g/mol. The van der Waals surface area contributed by atoms with Gasteiger partial charge < -0.3 is 14.7 Å². The van der Waals surface area contributed by atoms with Crippen molar-refractivity contribution in [3.8, 4) is 5.75 Å². The average molecular weight is 463 g/mol. The number of carboxylic acid groups (broad SMARTS) is 1. The van der Waals surface area contributed by atoms with Crippen LogP contribution in [0, 0.1) is 0 Å². The number of nitrogens with zero attached hydrogens (tertiary/aromatic N) is 1. The quantitative estimate of drug-likeness (QED) is 0.269. The minimum absolute atomic E-state index is 0.181. The number of alkyl halides is 1. The lowest BCUT2D eigenvalue weighted by Gasteiger charge is -2.28. The van der Waals surface area contributed by atoms with E-state index in [0.29, 0.717) is 29.9 Å². The van der Waals surface area contributed by atoms with Crippen LogP contribution in [-0.2, 0) is 11.3 Å². The molecule has 0 aliphatic carbocycles. The van der Waals surface area contributed by atoms with Gasteiger partial charge in [0.15, 0.2) is 0 Å². The van der Waals surface area contributed by atoms with Gasteiger partial charge >= 0.3 is 5.97 Å². The number of benzene rings is 2. The molecule has 0 aliphatic heterocycles. The average Bonchev–Trinajstić information content (AvgIpc) is 2.79. The lowest BCUT2D eigenvalue weighted by Crippen LogP contribution is -2.36. The summed E-state index contributed by atoms with van der Waals surface area (Å²) in [5, 5.41) is 8.69. The topological polar surface area (TPSA) is 66.8 Å². The number of carbonyl (C=O) groups is 2. The van der Waals surface area contributed by atoms with Crippen molar-refractivity contribution < 1.29 is 25.2 Å². The van der Waals surface area contributed by atoms with Gasteiger partial charge in [-0.2, -0.15) is 0 Å². The van der Waals surface area contributed by atoms with Gasteiger partial charge in [0.1, 0.15) is 11.8 Å². The van der Waals surface area contributed by atoms with E-state index in [1.807, 2.05) is 26.0 Å². The molecule has 0 fully saturated rings. The van der Waals surface area contributed by atoms with Crippen LogP contribution in [0.15, 0.2) is 53.4 Å². The zero-order chi connectivity index (χ0) is 24.2. The summed E-state index contributed by atoms with van der Waals surface area (Å²) in [5.41, 5.74) is 1.05. The highest BCUT2D eigenvalue weighted by molar-refractivity contribution is 7.99. The fourth-order valence-corrected chi connectivity index (χ4v) is 3.58. The summed E-state index contributed by atoms with van der Waals surface area (Å²) in [5.74, 6) is -0.480. The lowest BCUT2D eigenvalue weighted by molar-refractivity contribution is -0.137. The summed E-state index contributed by atoms with van der Waals surface area (Å²) < 4.78 is 27.3. The maximum Gasteiger partial charge on any atom is 0.303 e. The summed E-state index contributed by atoms with van der Waals surface area (Å²) in [6, 6.07) is 13.2. The third kappa shape index (κ3) is 8.54. The van der Waals surface area contributed by atoms with Crippen molar-refractivity contribution in [2.45, 2.75) is 63.4 Å². The fraction of sp³-hybridized carbons (Fsp3) is 0.440. The van der Waals surface area contributed by atoms with Gasteiger partial charge in [0, 0.05) is 35.0 Å². The highest BCUT2D eigenvalue weighted by atomic mass is 32.2. The molecule has 2 aromatic rings. The fourth-order valence-electron chi connectivity index (χ4n) is 3.13. The van der Waals surface area contributed by atoms with E-state index in [1.165, 1.54) is 4.90 Å². The smallest absolute Gasteiger partial charge is 0.303 e. The minimum atomic E-state index is -0.954. The molecule has 0 spiro atoms. The van der Waals surface area contributed by atoms with E-state index < -0.39 is 18.5 Å². The number of carbonyl (C=O) groups excluding carboxylic acids is 1. The van der Waals surface area contributed by atoms with Crippen LogP contribution in [0.1, 0.15) is 63.2 Å². The van der Waals surface area contributed by atoms with E-state index in [-0.39, 0.29) is 18.4 Å². The number of carboxylic acids is 1. The number of hydrogen-bond donors (Lipinski definition) is 1. The number of unbranched alkanes of at least 4 members (excludes halogenated alkanes) is 3. The Labute approximate surface area is 195 Å². The van der Waals surface area contributed by atoms with E-state index >= 15 is 0 Å². The normalized spacial score (nSPS) is 12.3. The van der Waals surface area contributed by atoms with E-state index in [0.717, 1.165) is 35.9 Å². The maximum absolute atomic E-state index is 13.2. The van der Waals surface area contributed by atoms with Gasteiger partial charge in [-0.3, -0.25) is 9.59 Å². The van der Waals surface area contributed by atoms with Gasteiger partial charge in [-0.15, -0.1) is 0 Å². The van der Waals surface area contributed by atoms with Gasteiger partial charge in [0.25, 0.3) is 5.91 Å². The number of rotatable bonds is 14. The molecule has 0 saturated heterocycles. The number of halogens is 1. The summed E-state index contributed by atoms with van der Waals surface area (Å²) in [6.07, 6.45) is 3.32. The molecule has 32 heavy (non-hydrogen) atoms. The second-order valence-corrected chi connectivity index (χ2v) is 8.64. The van der Waals surface area contributed by atoms with Gasteiger partial charge in [-0.05, 0) is 57.0 Å². The third-order valence-corrected chi connectivity index (χ3v) is 5.57. The van der Waals surface area contributed by atoms with Crippen molar-refractivity contribution in [1.29, 1.82) is 0 Å². The maximum atomic E-state index is 13.2. The van der Waals surface area contributed by atoms with Gasteiger partial charge in [0.2, 0.25) is 0 Å². The van der Waals surface area contributed by atoms with Crippen molar-refractivity contribution in [3.63, 3.8) is 0 Å². The molecule has 0 saturated carbocycles. The molecule has 1 amide bonds. The molecule has 0 aliphatic rings. The van der Waals surface area contributed by atoms with E-state index in [9.17, 15) is 14.0 Å². The van der Waals surface area contributed by atoms with Crippen molar-refractivity contribution >= 4 is 23.6 Å². The number of hydrogen-bond acceptors (Lipinski definition) is 4. The Balaban J connectivity index is 2.06. The Bertz CT molecular complexity index is 894. The molecule has 1 unspecified atom stereocenters. The number of para-hydroxylation sites is 1. The summed E-state index contributed by atoms with van der Waals surface area (Å²) in [7, 11) is 0. The lowest BCUT2D eigenvalue weighted by atomic mass is 10.1. The Morgan fingerprint density at radius 1 is 1.09 bits per heavy atom. The number of thioether (sulfide) groups is 1. The molecule has 1 atom stereocenters. The van der Waals surface area contributed by atoms with Crippen molar-refractivity contribution in [2.75, 3.05) is 12.6 Å². The predicted octanol–water partition coefficient (Wildman–Crippen LogP) is 6.17. The van der Waals surface area contributed by atoms with Gasteiger partial charge in [-0.1, -0.05) is 42.8 Å². The van der Waals surface area contributed by atoms with Crippen molar-refractivity contribution in [3.05, 3.63) is 59.7 Å². The second-order valence-electron chi connectivity index (χ2n) is 7.66. The zero-order valence-corrected chi connectivity index (χ0v) is 19.4. The largest absolute Gasteiger partial charge is 0.493 e. The van der Waals surface area contributed by atoms with Gasteiger partial charge in [0.05, 0.1) is 7.98 Å². The van der Waals surface area contributed by atoms with Crippen LogP contribution in [0.4, 0.5) is 4.39 Å². The first-order valence-corrected chi connectivity index (χ1v) is 11.8. The Morgan fingerprint density at radius 3 is 2.44 bits per heavy atom. The number of ether oxygens (including phenoxy) is 1. The zero-order valence-electron chi connectivity index (χ0n) is 19.6. The van der Waals surface area contributed by atoms with Crippen molar-refractivity contribution in [2.24, 2.45) is 0 Å². The van der Waals surface area contributed by atoms with E-state index in [1.54, 1.807) is 36.4 Å². The molecule has 0 radical (unpaired) electrons. The van der Waals surface area contributed by atoms with Crippen LogP contribution in [-0.4, -0.2) is 40.5 Å². The standard InChI is InChI=1S/C25H32FNO4S/c1-19(2)27(25(30)20-12-14-22(15-13-20)32-18-26)17-21-9-6-7-10-23(21)31-16-8-4-3-5-11-24(28)29/h6-7,9-10,12-15,19H,3-5,8,11,16-18H2,1-2H3,(H,28,29)/i17D. The SMILES string of the molecule is [2H]C(c1ccccc1OCCCCCCC(=O)O)N(C(=O)c1ccc(SCF)cc1)C(C)C. The summed E-state index contributed by atoms with van der Waals surface area (Å²) >= 11 is 1.06. The van der Waals surface area contributed by atoms with Crippen LogP contribution in [0.25, 0.3) is 0 Å². The Kier molecular flexibility index (Phi) is 10.4. The van der Waals surface area contributed by atoms with Crippen LogP contribution in [0.5, 0.6) is 5.75 Å². The molecule has 174 valence electrons. The Morgan fingerprint density at radius 2 is 1.78 bits per heavy atom. The molecular formula is C25H32FNO4S. The number of aliphatic carboxylic acids is 1. The monoisotopic (exact) mass is 462 g/mol. The highest BCUT2D eigenvalue weighted by Gasteiger charge is 2.20. The third-order valence-electron chi connectivity index (χ3n) is 4.85.